The Morgan fingerprint density at radius 3 is 2.52 bits per heavy atom. The summed E-state index contributed by atoms with van der Waals surface area (Å²) >= 11 is 3.00. The standard InChI is InChI=1S/C13H12BrF3N4/c1-6-19-20-11-12(2,3)18-8-5-4-7(14)9(13(15,16)17)10(8)21(6)11/h4-5,18H,1-3H3. The molecule has 2 aromatic rings. The normalized spacial score (nSPS) is 16.1. The van der Waals surface area contributed by atoms with Crippen molar-refractivity contribution in [2.45, 2.75) is 32.5 Å². The number of hydrogen-bond acceptors (Lipinski definition) is 3. The second kappa shape index (κ2) is 4.22. The number of rotatable bonds is 0. The van der Waals surface area contributed by atoms with Gasteiger partial charge in [-0.2, -0.15) is 13.2 Å². The Morgan fingerprint density at radius 1 is 1.24 bits per heavy atom. The van der Waals surface area contributed by atoms with Crippen LogP contribution in [0.25, 0.3) is 5.69 Å². The number of nitrogens with zero attached hydrogens (tertiary/aromatic N) is 3. The van der Waals surface area contributed by atoms with Crippen molar-refractivity contribution < 1.29 is 13.2 Å². The Kier molecular flexibility index (Phi) is 2.89. The van der Waals surface area contributed by atoms with Crippen molar-refractivity contribution >= 4 is 21.6 Å². The molecule has 1 aliphatic rings. The van der Waals surface area contributed by atoms with Crippen molar-refractivity contribution in [3.05, 3.63) is 33.8 Å². The first-order valence-corrected chi connectivity index (χ1v) is 7.03. The van der Waals surface area contributed by atoms with E-state index < -0.39 is 17.3 Å². The molecule has 4 nitrogen and oxygen atoms in total. The van der Waals surface area contributed by atoms with Gasteiger partial charge in [0, 0.05) is 4.47 Å². The third-order valence-corrected chi connectivity index (χ3v) is 4.13. The minimum absolute atomic E-state index is 0.00527. The van der Waals surface area contributed by atoms with Gasteiger partial charge in [-0.25, -0.2) is 0 Å². The van der Waals surface area contributed by atoms with Crippen LogP contribution in [-0.4, -0.2) is 14.8 Å². The number of anilines is 1. The van der Waals surface area contributed by atoms with Gasteiger partial charge in [-0.1, -0.05) is 15.9 Å². The Labute approximate surface area is 127 Å². The summed E-state index contributed by atoms with van der Waals surface area (Å²) in [6.07, 6.45) is -4.48. The Hall–Kier alpha value is -1.57. The molecule has 0 radical (unpaired) electrons. The van der Waals surface area contributed by atoms with Crippen LogP contribution < -0.4 is 5.32 Å². The highest BCUT2D eigenvalue weighted by atomic mass is 79.9. The zero-order chi connectivity index (χ0) is 15.6. The number of benzene rings is 1. The molecule has 3 rings (SSSR count). The molecule has 112 valence electrons. The first kappa shape index (κ1) is 14.4. The molecule has 1 aromatic carbocycles. The van der Waals surface area contributed by atoms with E-state index in [0.717, 1.165) is 0 Å². The van der Waals surface area contributed by atoms with Gasteiger partial charge in [-0.15, -0.1) is 10.2 Å². The summed E-state index contributed by atoms with van der Waals surface area (Å²) in [7, 11) is 0. The predicted molar refractivity (Wildman–Crippen MR) is 75.4 cm³/mol. The largest absolute Gasteiger partial charge is 0.419 e. The molecule has 21 heavy (non-hydrogen) atoms. The van der Waals surface area contributed by atoms with E-state index in [0.29, 0.717) is 17.3 Å². The van der Waals surface area contributed by atoms with Crippen molar-refractivity contribution in [3.63, 3.8) is 0 Å². The average Bonchev–Trinajstić information content (AvgIpc) is 2.71. The van der Waals surface area contributed by atoms with Crippen molar-refractivity contribution in [1.29, 1.82) is 0 Å². The molecular formula is C13H12BrF3N4. The van der Waals surface area contributed by atoms with E-state index in [4.69, 9.17) is 0 Å². The fraction of sp³-hybridized carbons (Fsp3) is 0.385. The summed E-state index contributed by atoms with van der Waals surface area (Å²) in [6, 6.07) is 3.02. The molecule has 0 saturated heterocycles. The van der Waals surface area contributed by atoms with Gasteiger partial charge in [0.15, 0.2) is 5.82 Å². The maximum atomic E-state index is 13.4. The maximum Gasteiger partial charge on any atom is 0.419 e. The lowest BCUT2D eigenvalue weighted by Gasteiger charge is -2.35. The SMILES string of the molecule is Cc1nnc2n1-c1c(ccc(Br)c1C(F)(F)F)NC2(C)C. The predicted octanol–water partition coefficient (Wildman–Crippen LogP) is 4.02. The van der Waals surface area contributed by atoms with Gasteiger partial charge in [0.05, 0.1) is 22.5 Å². The molecule has 0 spiro atoms. The smallest absolute Gasteiger partial charge is 0.371 e. The summed E-state index contributed by atoms with van der Waals surface area (Å²) < 4.78 is 41.8. The van der Waals surface area contributed by atoms with E-state index in [9.17, 15) is 13.2 Å². The average molecular weight is 361 g/mol. The molecule has 0 aliphatic carbocycles. The summed E-state index contributed by atoms with van der Waals surface area (Å²) in [6.45, 7) is 5.35. The highest BCUT2D eigenvalue weighted by Crippen LogP contribution is 2.46. The highest BCUT2D eigenvalue weighted by molar-refractivity contribution is 9.10. The van der Waals surface area contributed by atoms with E-state index >= 15 is 0 Å². The van der Waals surface area contributed by atoms with Crippen LogP contribution in [0.15, 0.2) is 16.6 Å². The highest BCUT2D eigenvalue weighted by Gasteiger charge is 2.42. The van der Waals surface area contributed by atoms with Crippen LogP contribution in [0.3, 0.4) is 0 Å². The first-order chi connectivity index (χ1) is 9.63. The lowest BCUT2D eigenvalue weighted by molar-refractivity contribution is -0.138. The van der Waals surface area contributed by atoms with Gasteiger partial charge in [-0.3, -0.25) is 4.57 Å². The number of alkyl halides is 3. The van der Waals surface area contributed by atoms with Gasteiger partial charge < -0.3 is 5.32 Å². The number of aryl methyl sites for hydroxylation is 1. The molecule has 0 amide bonds. The number of fused-ring (bicyclic) bond motifs is 3. The molecule has 0 saturated carbocycles. The molecular weight excluding hydrogens is 349 g/mol. The summed E-state index contributed by atoms with van der Waals surface area (Å²) in [5.41, 5.74) is -0.892. The van der Waals surface area contributed by atoms with Crippen LogP contribution in [0.4, 0.5) is 18.9 Å². The second-order valence-corrected chi connectivity index (χ2v) is 6.33. The van der Waals surface area contributed by atoms with Crippen LogP contribution >= 0.6 is 15.9 Å². The van der Waals surface area contributed by atoms with Crippen molar-refractivity contribution in [2.75, 3.05) is 5.32 Å². The lowest BCUT2D eigenvalue weighted by Crippen LogP contribution is -2.37. The Bertz CT molecular complexity index is 734. The molecule has 8 heteroatoms. The van der Waals surface area contributed by atoms with Crippen molar-refractivity contribution in [3.8, 4) is 5.69 Å². The summed E-state index contributed by atoms with van der Waals surface area (Å²) in [4.78, 5) is 0. The number of nitrogens with one attached hydrogen (secondary N) is 1. The summed E-state index contributed by atoms with van der Waals surface area (Å²) in [5.74, 6) is 0.875. The number of aromatic nitrogens is 3. The van der Waals surface area contributed by atoms with Crippen LogP contribution in [0.1, 0.15) is 31.1 Å². The number of hydrogen-bond donors (Lipinski definition) is 1. The van der Waals surface area contributed by atoms with Gasteiger partial charge in [-0.05, 0) is 32.9 Å². The third kappa shape index (κ3) is 2.04. The van der Waals surface area contributed by atoms with Gasteiger partial charge in [0.25, 0.3) is 0 Å². The summed E-state index contributed by atoms with van der Waals surface area (Å²) in [5, 5.41) is 11.1. The van der Waals surface area contributed by atoms with E-state index in [1.807, 2.05) is 13.8 Å². The van der Waals surface area contributed by atoms with Crippen LogP contribution in [0, 0.1) is 6.92 Å². The molecule has 1 aliphatic heterocycles. The zero-order valence-electron chi connectivity index (χ0n) is 11.5. The monoisotopic (exact) mass is 360 g/mol. The van der Waals surface area contributed by atoms with E-state index in [1.165, 1.54) is 10.6 Å². The third-order valence-electron chi connectivity index (χ3n) is 3.47. The zero-order valence-corrected chi connectivity index (χ0v) is 13.1. The van der Waals surface area contributed by atoms with Gasteiger partial charge >= 0.3 is 6.18 Å². The van der Waals surface area contributed by atoms with Crippen LogP contribution in [-0.2, 0) is 11.7 Å². The number of halogens is 4. The molecule has 0 bridgehead atoms. The van der Waals surface area contributed by atoms with E-state index in [1.54, 1.807) is 13.0 Å². The lowest BCUT2D eigenvalue weighted by atomic mass is 9.98. The Morgan fingerprint density at radius 2 is 1.90 bits per heavy atom. The van der Waals surface area contributed by atoms with E-state index in [2.05, 4.69) is 31.4 Å². The molecule has 0 fully saturated rings. The van der Waals surface area contributed by atoms with Gasteiger partial charge in [0.1, 0.15) is 5.82 Å². The molecule has 0 atom stereocenters. The molecule has 1 N–H and O–H groups in total. The maximum absolute atomic E-state index is 13.4. The second-order valence-electron chi connectivity index (χ2n) is 5.47. The Balaban J connectivity index is 2.43. The molecule has 0 unspecified atom stereocenters. The first-order valence-electron chi connectivity index (χ1n) is 6.23. The van der Waals surface area contributed by atoms with Gasteiger partial charge in [0.2, 0.25) is 0 Å². The van der Waals surface area contributed by atoms with Crippen molar-refractivity contribution in [2.24, 2.45) is 0 Å². The van der Waals surface area contributed by atoms with Crippen LogP contribution in [0.5, 0.6) is 0 Å². The molecule has 1 aromatic heterocycles. The minimum atomic E-state index is -4.48. The molecule has 2 heterocycles. The topological polar surface area (TPSA) is 42.7 Å². The fourth-order valence-electron chi connectivity index (χ4n) is 2.60. The minimum Gasteiger partial charge on any atom is -0.371 e. The van der Waals surface area contributed by atoms with Crippen molar-refractivity contribution in [1.82, 2.24) is 14.8 Å². The van der Waals surface area contributed by atoms with E-state index in [-0.39, 0.29) is 10.2 Å². The quantitative estimate of drug-likeness (QED) is 0.771. The van der Waals surface area contributed by atoms with Crippen LogP contribution in [0.2, 0.25) is 0 Å². The fourth-order valence-corrected chi connectivity index (χ4v) is 3.14.